The van der Waals surface area contributed by atoms with Crippen LogP contribution in [-0.4, -0.2) is 17.0 Å². The van der Waals surface area contributed by atoms with E-state index in [0.29, 0.717) is 36.0 Å². The molecule has 1 N–H and O–H groups in total. The van der Waals surface area contributed by atoms with Gasteiger partial charge in [0.2, 0.25) is 0 Å². The largest absolute Gasteiger partial charge is 0.454 e. The lowest BCUT2D eigenvalue weighted by atomic mass is 10.2. The number of hydrogen-bond acceptors (Lipinski definition) is 2. The van der Waals surface area contributed by atoms with Crippen LogP contribution >= 0.6 is 0 Å². The second-order valence-corrected chi connectivity index (χ2v) is 7.57. The van der Waals surface area contributed by atoms with E-state index < -0.39 is 0 Å². The second-order valence-electron chi connectivity index (χ2n) is 7.57. The zero-order valence-electron chi connectivity index (χ0n) is 16.5. The Balaban J connectivity index is 1.75. The number of halogens is 1. The van der Waals surface area contributed by atoms with E-state index in [1.807, 2.05) is 41.0 Å². The normalized spacial score (nSPS) is 11.3. The number of amides is 1. The van der Waals surface area contributed by atoms with Crippen LogP contribution in [0.25, 0.3) is 22.4 Å². The molecule has 0 aliphatic carbocycles. The SMILES string of the molecule is CC(C)CNC(=O)c1cc2oc(-c3ccc(F)cc3)cc2n1Cc1ccccc1. The van der Waals surface area contributed by atoms with Crippen molar-refractivity contribution in [1.29, 1.82) is 0 Å². The van der Waals surface area contributed by atoms with Gasteiger partial charge in [-0.25, -0.2) is 4.39 Å². The topological polar surface area (TPSA) is 47.2 Å². The monoisotopic (exact) mass is 390 g/mol. The zero-order valence-corrected chi connectivity index (χ0v) is 16.5. The molecule has 0 bridgehead atoms. The summed E-state index contributed by atoms with van der Waals surface area (Å²) in [6, 6.07) is 19.9. The molecule has 29 heavy (non-hydrogen) atoms. The van der Waals surface area contributed by atoms with Crippen LogP contribution in [0.2, 0.25) is 0 Å². The Bertz CT molecular complexity index is 1130. The quantitative estimate of drug-likeness (QED) is 0.474. The minimum atomic E-state index is -0.289. The number of nitrogens with one attached hydrogen (secondary N) is 1. The fraction of sp³-hybridized carbons (Fsp3) is 0.208. The molecule has 4 nitrogen and oxygen atoms in total. The molecule has 0 spiro atoms. The van der Waals surface area contributed by atoms with Crippen molar-refractivity contribution in [2.24, 2.45) is 5.92 Å². The molecule has 2 heterocycles. The molecule has 0 saturated carbocycles. The van der Waals surface area contributed by atoms with E-state index in [-0.39, 0.29) is 11.7 Å². The molecule has 0 saturated heterocycles. The summed E-state index contributed by atoms with van der Waals surface area (Å²) < 4.78 is 21.2. The number of hydrogen-bond donors (Lipinski definition) is 1. The summed E-state index contributed by atoms with van der Waals surface area (Å²) in [4.78, 5) is 12.8. The van der Waals surface area contributed by atoms with Gasteiger partial charge in [0, 0.05) is 30.8 Å². The fourth-order valence-corrected chi connectivity index (χ4v) is 3.31. The molecule has 0 aliphatic rings. The number of benzene rings is 2. The Labute approximate surface area is 169 Å². The molecule has 0 radical (unpaired) electrons. The molecule has 0 aliphatic heterocycles. The van der Waals surface area contributed by atoms with Crippen LogP contribution in [0, 0.1) is 11.7 Å². The summed E-state index contributed by atoms with van der Waals surface area (Å²) in [5.74, 6) is 0.599. The first-order valence-corrected chi connectivity index (χ1v) is 9.72. The summed E-state index contributed by atoms with van der Waals surface area (Å²) in [5, 5.41) is 2.98. The number of aromatic nitrogens is 1. The molecule has 4 rings (SSSR count). The predicted molar refractivity (Wildman–Crippen MR) is 112 cm³/mol. The Morgan fingerprint density at radius 1 is 1.07 bits per heavy atom. The van der Waals surface area contributed by atoms with E-state index in [9.17, 15) is 9.18 Å². The number of carbonyl (C=O) groups is 1. The first-order valence-electron chi connectivity index (χ1n) is 9.72. The predicted octanol–water partition coefficient (Wildman–Crippen LogP) is 5.47. The zero-order chi connectivity index (χ0) is 20.4. The van der Waals surface area contributed by atoms with Crippen molar-refractivity contribution in [3.63, 3.8) is 0 Å². The maximum Gasteiger partial charge on any atom is 0.268 e. The van der Waals surface area contributed by atoms with Crippen molar-refractivity contribution < 1.29 is 13.6 Å². The second kappa shape index (κ2) is 7.95. The smallest absolute Gasteiger partial charge is 0.268 e. The fourth-order valence-electron chi connectivity index (χ4n) is 3.31. The van der Waals surface area contributed by atoms with Crippen LogP contribution in [0.15, 0.2) is 71.1 Å². The van der Waals surface area contributed by atoms with Gasteiger partial charge in [0.05, 0.1) is 5.52 Å². The van der Waals surface area contributed by atoms with Gasteiger partial charge in [0.15, 0.2) is 5.58 Å². The Morgan fingerprint density at radius 3 is 2.48 bits per heavy atom. The Hall–Kier alpha value is -3.34. The van der Waals surface area contributed by atoms with Gasteiger partial charge in [-0.3, -0.25) is 4.79 Å². The van der Waals surface area contributed by atoms with Crippen LogP contribution in [0.1, 0.15) is 29.9 Å². The van der Waals surface area contributed by atoms with Crippen molar-refractivity contribution in [1.82, 2.24) is 9.88 Å². The summed E-state index contributed by atoms with van der Waals surface area (Å²) in [6.07, 6.45) is 0. The van der Waals surface area contributed by atoms with Gasteiger partial charge in [0.1, 0.15) is 17.3 Å². The third-order valence-corrected chi connectivity index (χ3v) is 4.81. The minimum absolute atomic E-state index is 0.121. The van der Waals surface area contributed by atoms with Crippen LogP contribution < -0.4 is 5.32 Å². The molecule has 0 atom stereocenters. The number of rotatable bonds is 6. The van der Waals surface area contributed by atoms with Gasteiger partial charge in [-0.2, -0.15) is 0 Å². The van der Waals surface area contributed by atoms with E-state index in [2.05, 4.69) is 19.2 Å². The molecule has 1 amide bonds. The van der Waals surface area contributed by atoms with Gasteiger partial charge in [-0.1, -0.05) is 44.2 Å². The molecular weight excluding hydrogens is 367 g/mol. The van der Waals surface area contributed by atoms with Crippen molar-refractivity contribution in [3.8, 4) is 11.3 Å². The van der Waals surface area contributed by atoms with Crippen LogP contribution in [0.3, 0.4) is 0 Å². The highest BCUT2D eigenvalue weighted by molar-refractivity contribution is 5.98. The van der Waals surface area contributed by atoms with E-state index in [0.717, 1.165) is 16.6 Å². The van der Waals surface area contributed by atoms with Gasteiger partial charge >= 0.3 is 0 Å². The van der Waals surface area contributed by atoms with Gasteiger partial charge in [-0.15, -0.1) is 0 Å². The van der Waals surface area contributed by atoms with Crippen LogP contribution in [0.5, 0.6) is 0 Å². The summed E-state index contributed by atoms with van der Waals surface area (Å²) in [6.45, 7) is 5.28. The number of fused-ring (bicyclic) bond motifs is 1. The minimum Gasteiger partial charge on any atom is -0.454 e. The molecular formula is C24H23FN2O2. The van der Waals surface area contributed by atoms with Gasteiger partial charge in [-0.05, 0) is 35.7 Å². The number of nitrogens with zero attached hydrogens (tertiary/aromatic N) is 1. The highest BCUT2D eigenvalue weighted by atomic mass is 19.1. The van der Waals surface area contributed by atoms with Crippen molar-refractivity contribution in [2.75, 3.05) is 6.54 Å². The molecule has 2 aromatic heterocycles. The van der Waals surface area contributed by atoms with Crippen molar-refractivity contribution in [2.45, 2.75) is 20.4 Å². The van der Waals surface area contributed by atoms with E-state index >= 15 is 0 Å². The highest BCUT2D eigenvalue weighted by Gasteiger charge is 2.20. The summed E-state index contributed by atoms with van der Waals surface area (Å²) in [5.41, 5.74) is 3.92. The molecule has 0 unspecified atom stereocenters. The molecule has 0 fully saturated rings. The Kier molecular flexibility index (Phi) is 5.21. The van der Waals surface area contributed by atoms with E-state index in [1.54, 1.807) is 18.2 Å². The summed E-state index contributed by atoms with van der Waals surface area (Å²) >= 11 is 0. The lowest BCUT2D eigenvalue weighted by Gasteiger charge is -2.12. The van der Waals surface area contributed by atoms with Crippen LogP contribution in [-0.2, 0) is 6.54 Å². The van der Waals surface area contributed by atoms with Crippen LogP contribution in [0.4, 0.5) is 4.39 Å². The number of carbonyl (C=O) groups excluding carboxylic acids is 1. The van der Waals surface area contributed by atoms with E-state index in [1.165, 1.54) is 12.1 Å². The molecule has 5 heteroatoms. The molecule has 2 aromatic carbocycles. The lowest BCUT2D eigenvalue weighted by Crippen LogP contribution is -2.29. The first kappa shape index (κ1) is 19.0. The lowest BCUT2D eigenvalue weighted by molar-refractivity contribution is 0.0940. The van der Waals surface area contributed by atoms with E-state index in [4.69, 9.17) is 4.42 Å². The average Bonchev–Trinajstić information content (AvgIpc) is 3.27. The average molecular weight is 390 g/mol. The maximum absolute atomic E-state index is 13.2. The Morgan fingerprint density at radius 2 is 1.79 bits per heavy atom. The maximum atomic E-state index is 13.2. The third-order valence-electron chi connectivity index (χ3n) is 4.81. The number of furan rings is 1. The highest BCUT2D eigenvalue weighted by Crippen LogP contribution is 2.31. The van der Waals surface area contributed by atoms with Crippen molar-refractivity contribution >= 4 is 17.0 Å². The first-order chi connectivity index (χ1) is 14.0. The standard InChI is InChI=1S/C24H23FN2O2/c1-16(2)14-26-24(28)21-13-23-20(27(21)15-17-6-4-3-5-7-17)12-22(29-23)18-8-10-19(25)11-9-18/h3-13,16H,14-15H2,1-2H3,(H,26,28). The molecule has 148 valence electrons. The molecule has 4 aromatic rings. The third kappa shape index (κ3) is 4.09. The van der Waals surface area contributed by atoms with Gasteiger partial charge < -0.3 is 14.3 Å². The van der Waals surface area contributed by atoms with Gasteiger partial charge in [0.25, 0.3) is 5.91 Å². The van der Waals surface area contributed by atoms with Crippen molar-refractivity contribution in [3.05, 3.63) is 83.8 Å². The summed E-state index contributed by atoms with van der Waals surface area (Å²) in [7, 11) is 0.